The Morgan fingerprint density at radius 3 is 1.19 bits per heavy atom. The second-order valence-corrected chi connectivity index (χ2v) is 15.2. The number of esters is 3. The van der Waals surface area contributed by atoms with E-state index in [1.54, 1.807) is 0 Å². The van der Waals surface area contributed by atoms with Crippen molar-refractivity contribution in [3.63, 3.8) is 0 Å². The quantitative estimate of drug-likeness (QED) is 0.0201. The standard InChI is InChI=1S/C57H84O6/c1-4-7-10-13-16-19-22-25-26-27-28-29-30-33-35-38-41-44-47-50-56(59)62-53-54(63-57(60)51-48-45-42-39-36-32-24-21-18-15-12-9-6-3)52-61-55(58)49-46-43-40-37-34-31-23-20-17-14-11-8-5-2/h7,9-10,12-13,15-16,18-19,21-22,24-36,40,43,54H,4-6,8,11,14,17,20,23,37-39,41-42,44-53H2,1-3H3/b10-7+,12-9+,16-13+,18-15+,22-19+,24-21+,26-25+,28-27+,30-29+,34-31+,35-33+,36-32+,43-40+. The molecule has 0 saturated carbocycles. The van der Waals surface area contributed by atoms with Gasteiger partial charge in [0.05, 0.1) is 0 Å². The van der Waals surface area contributed by atoms with Crippen molar-refractivity contribution in [2.75, 3.05) is 13.2 Å². The Morgan fingerprint density at radius 1 is 0.349 bits per heavy atom. The summed E-state index contributed by atoms with van der Waals surface area (Å²) in [7, 11) is 0. The van der Waals surface area contributed by atoms with Crippen LogP contribution in [0.3, 0.4) is 0 Å². The molecular weight excluding hydrogens is 781 g/mol. The molecule has 0 aliphatic carbocycles. The zero-order valence-corrected chi connectivity index (χ0v) is 39.5. The maximum Gasteiger partial charge on any atom is 0.306 e. The van der Waals surface area contributed by atoms with Crippen molar-refractivity contribution in [3.05, 3.63) is 158 Å². The molecule has 0 amide bonds. The van der Waals surface area contributed by atoms with Crippen LogP contribution in [-0.4, -0.2) is 37.2 Å². The van der Waals surface area contributed by atoms with Crippen molar-refractivity contribution in [1.29, 1.82) is 0 Å². The van der Waals surface area contributed by atoms with Crippen molar-refractivity contribution < 1.29 is 28.6 Å². The molecule has 6 nitrogen and oxygen atoms in total. The fraction of sp³-hybridized carbons (Fsp3) is 0.491. The average molecular weight is 865 g/mol. The summed E-state index contributed by atoms with van der Waals surface area (Å²) in [5, 5.41) is 0. The molecule has 1 unspecified atom stereocenters. The van der Waals surface area contributed by atoms with Crippen LogP contribution in [0.1, 0.15) is 162 Å². The number of unbranched alkanes of at least 4 members (excludes halogenated alkanes) is 12. The molecule has 0 aromatic heterocycles. The van der Waals surface area contributed by atoms with Crippen molar-refractivity contribution in [1.82, 2.24) is 0 Å². The molecule has 63 heavy (non-hydrogen) atoms. The maximum absolute atomic E-state index is 12.7. The number of carbonyl (C=O) groups excluding carboxylic acids is 3. The van der Waals surface area contributed by atoms with Crippen LogP contribution in [0.4, 0.5) is 0 Å². The fourth-order valence-corrected chi connectivity index (χ4v) is 5.72. The Morgan fingerprint density at radius 2 is 0.714 bits per heavy atom. The highest BCUT2D eigenvalue weighted by molar-refractivity contribution is 5.71. The second-order valence-electron chi connectivity index (χ2n) is 15.2. The first-order valence-electron chi connectivity index (χ1n) is 24.1. The lowest BCUT2D eigenvalue weighted by molar-refractivity contribution is -0.166. The third-order valence-corrected chi connectivity index (χ3v) is 9.30. The molecule has 348 valence electrons. The molecule has 1 atom stereocenters. The molecule has 0 aromatic rings. The van der Waals surface area contributed by atoms with Crippen molar-refractivity contribution in [2.45, 2.75) is 168 Å². The smallest absolute Gasteiger partial charge is 0.306 e. The lowest BCUT2D eigenvalue weighted by Crippen LogP contribution is -2.30. The van der Waals surface area contributed by atoms with E-state index in [-0.39, 0.29) is 50.4 Å². The normalized spacial score (nSPS) is 13.5. The third-order valence-electron chi connectivity index (χ3n) is 9.30. The summed E-state index contributed by atoms with van der Waals surface area (Å²) in [5.74, 6) is -1.11. The average Bonchev–Trinajstić information content (AvgIpc) is 3.28. The van der Waals surface area contributed by atoms with Crippen LogP contribution in [0.15, 0.2) is 158 Å². The van der Waals surface area contributed by atoms with E-state index < -0.39 is 6.10 Å². The van der Waals surface area contributed by atoms with Gasteiger partial charge in [-0.25, -0.2) is 0 Å². The van der Waals surface area contributed by atoms with E-state index in [9.17, 15) is 14.4 Å². The molecule has 0 spiro atoms. The highest BCUT2D eigenvalue weighted by Crippen LogP contribution is 2.10. The van der Waals surface area contributed by atoms with E-state index in [1.807, 2.05) is 115 Å². The minimum Gasteiger partial charge on any atom is -0.462 e. The van der Waals surface area contributed by atoms with Crippen LogP contribution >= 0.6 is 0 Å². The van der Waals surface area contributed by atoms with Crippen LogP contribution in [0.2, 0.25) is 0 Å². The first-order valence-corrected chi connectivity index (χ1v) is 24.1. The second kappa shape index (κ2) is 49.7. The van der Waals surface area contributed by atoms with Gasteiger partial charge in [0.15, 0.2) is 6.10 Å². The number of carbonyl (C=O) groups is 3. The lowest BCUT2D eigenvalue weighted by Gasteiger charge is -2.18. The lowest BCUT2D eigenvalue weighted by atomic mass is 10.1. The monoisotopic (exact) mass is 865 g/mol. The summed E-state index contributed by atoms with van der Waals surface area (Å²) < 4.78 is 16.6. The zero-order chi connectivity index (χ0) is 45.8. The van der Waals surface area contributed by atoms with E-state index in [2.05, 4.69) is 63.3 Å². The molecular formula is C57H84O6. The van der Waals surface area contributed by atoms with Crippen molar-refractivity contribution >= 4 is 17.9 Å². The van der Waals surface area contributed by atoms with Gasteiger partial charge in [-0.2, -0.15) is 0 Å². The predicted octanol–water partition coefficient (Wildman–Crippen LogP) is 15.9. The Balaban J connectivity index is 4.65. The number of allylic oxidation sites excluding steroid dienone is 26. The van der Waals surface area contributed by atoms with E-state index in [0.29, 0.717) is 19.3 Å². The molecule has 0 aliphatic rings. The topological polar surface area (TPSA) is 78.9 Å². The molecule has 0 aliphatic heterocycles. The van der Waals surface area contributed by atoms with Gasteiger partial charge in [0.25, 0.3) is 0 Å². The Bertz CT molecular complexity index is 1510. The summed E-state index contributed by atoms with van der Waals surface area (Å²) in [6, 6.07) is 0. The van der Waals surface area contributed by atoms with Gasteiger partial charge in [-0.15, -0.1) is 0 Å². The van der Waals surface area contributed by atoms with Crippen LogP contribution in [-0.2, 0) is 28.6 Å². The summed E-state index contributed by atoms with van der Waals surface area (Å²) in [5.41, 5.74) is 0. The molecule has 0 N–H and O–H groups in total. The predicted molar refractivity (Wildman–Crippen MR) is 269 cm³/mol. The van der Waals surface area contributed by atoms with Gasteiger partial charge in [0.2, 0.25) is 0 Å². The Hall–Kier alpha value is -4.97. The summed E-state index contributed by atoms with van der Waals surface area (Å²) in [6.45, 7) is 6.17. The largest absolute Gasteiger partial charge is 0.462 e. The van der Waals surface area contributed by atoms with E-state index in [1.165, 1.54) is 38.5 Å². The van der Waals surface area contributed by atoms with E-state index in [0.717, 1.165) is 64.2 Å². The van der Waals surface area contributed by atoms with Gasteiger partial charge in [-0.1, -0.05) is 224 Å². The summed E-state index contributed by atoms with van der Waals surface area (Å²) in [4.78, 5) is 37.8. The van der Waals surface area contributed by atoms with Gasteiger partial charge in [0, 0.05) is 19.3 Å². The Labute approximate surface area is 384 Å². The maximum atomic E-state index is 12.7. The minimum atomic E-state index is -0.847. The van der Waals surface area contributed by atoms with Gasteiger partial charge in [-0.05, 0) is 77.0 Å². The Kier molecular flexibility index (Phi) is 45.8. The summed E-state index contributed by atoms with van der Waals surface area (Å²) >= 11 is 0. The number of hydrogen-bond donors (Lipinski definition) is 0. The molecule has 0 aromatic carbocycles. The molecule has 0 rings (SSSR count). The highest BCUT2D eigenvalue weighted by Gasteiger charge is 2.19. The molecule has 0 bridgehead atoms. The molecule has 0 radical (unpaired) electrons. The SMILES string of the molecule is CC/C=C/C=C/C=C/C=C/C=C/C=C/C=C/CCCCCC(=O)OCC(COC(=O)CC/C=C/C/C=C/CCCCCCCC)OC(=O)CCCCC/C=C/C=C/C=C/C=C/CC. The van der Waals surface area contributed by atoms with Crippen LogP contribution in [0.25, 0.3) is 0 Å². The molecule has 6 heteroatoms. The number of hydrogen-bond acceptors (Lipinski definition) is 6. The highest BCUT2D eigenvalue weighted by atomic mass is 16.6. The van der Waals surface area contributed by atoms with Gasteiger partial charge < -0.3 is 14.2 Å². The van der Waals surface area contributed by atoms with Crippen molar-refractivity contribution in [3.8, 4) is 0 Å². The van der Waals surface area contributed by atoms with Crippen LogP contribution in [0.5, 0.6) is 0 Å². The van der Waals surface area contributed by atoms with Crippen LogP contribution < -0.4 is 0 Å². The fourth-order valence-electron chi connectivity index (χ4n) is 5.72. The minimum absolute atomic E-state index is 0.143. The first kappa shape index (κ1) is 58.0. The zero-order valence-electron chi connectivity index (χ0n) is 39.5. The number of rotatable bonds is 40. The first-order chi connectivity index (χ1) is 31.0. The van der Waals surface area contributed by atoms with E-state index >= 15 is 0 Å². The van der Waals surface area contributed by atoms with Crippen LogP contribution in [0, 0.1) is 0 Å². The van der Waals surface area contributed by atoms with Gasteiger partial charge in [-0.3, -0.25) is 14.4 Å². The third kappa shape index (κ3) is 47.9. The van der Waals surface area contributed by atoms with E-state index in [4.69, 9.17) is 14.2 Å². The van der Waals surface area contributed by atoms with Gasteiger partial charge >= 0.3 is 17.9 Å². The molecule has 0 saturated heterocycles. The van der Waals surface area contributed by atoms with Crippen molar-refractivity contribution in [2.24, 2.45) is 0 Å². The molecule has 0 heterocycles. The van der Waals surface area contributed by atoms with Gasteiger partial charge in [0.1, 0.15) is 13.2 Å². The molecule has 0 fully saturated rings. The number of ether oxygens (including phenoxy) is 3. The summed E-state index contributed by atoms with van der Waals surface area (Å²) in [6.07, 6.45) is 72.3.